The Morgan fingerprint density at radius 2 is 1.24 bits per heavy atom. The number of nitrogens with zero attached hydrogens (tertiary/aromatic N) is 1. The molecule has 42 heavy (non-hydrogen) atoms. The highest BCUT2D eigenvalue weighted by Crippen LogP contribution is 2.48. The van der Waals surface area contributed by atoms with Crippen LogP contribution in [0, 0.1) is 41.5 Å². The number of benzene rings is 3. The first-order valence-electron chi connectivity index (χ1n) is 13.7. The van der Waals surface area contributed by atoms with E-state index in [2.05, 4.69) is 0 Å². The molecule has 3 rings (SSSR count). The van der Waals surface area contributed by atoms with Gasteiger partial charge in [-0.05, 0) is 112 Å². The number of ether oxygens (including phenoxy) is 2. The average Bonchev–Trinajstić information content (AvgIpc) is 2.89. The van der Waals surface area contributed by atoms with Crippen molar-refractivity contribution in [2.24, 2.45) is 0 Å². The van der Waals surface area contributed by atoms with Crippen molar-refractivity contribution in [2.75, 3.05) is 19.1 Å². The van der Waals surface area contributed by atoms with Gasteiger partial charge in [-0.25, -0.2) is 4.79 Å². The van der Waals surface area contributed by atoms with Crippen molar-refractivity contribution in [1.82, 2.24) is 0 Å². The molecule has 3 aromatic rings. The third kappa shape index (κ3) is 6.54. The molecule has 226 valence electrons. The Labute approximate surface area is 246 Å². The van der Waals surface area contributed by atoms with E-state index in [1.165, 1.54) is 7.11 Å². The van der Waals surface area contributed by atoms with Crippen molar-refractivity contribution >= 4 is 17.6 Å². The molecule has 5 nitrogen and oxygen atoms in total. The van der Waals surface area contributed by atoms with Crippen LogP contribution in [0.3, 0.4) is 0 Å². The number of methoxy groups -OCH3 is 1. The zero-order chi connectivity index (χ0) is 31.9. The maximum absolute atomic E-state index is 13.9. The number of amides is 1. The van der Waals surface area contributed by atoms with Gasteiger partial charge in [-0.15, -0.1) is 0 Å². The fourth-order valence-corrected chi connectivity index (χ4v) is 5.25. The molecule has 0 aliphatic carbocycles. The van der Waals surface area contributed by atoms with Crippen LogP contribution < -0.4 is 4.90 Å². The van der Waals surface area contributed by atoms with E-state index < -0.39 is 29.8 Å². The van der Waals surface area contributed by atoms with Gasteiger partial charge >= 0.3 is 18.1 Å². The SMILES string of the molecule is COC(=O)C(OC(C)(C)C)c1c(C)c(N(C)C(=O)C(F)(F)F)c(-c2ccc(C)c(C)c2)c(C)c1-c1ccc(C)c(C)c1. The van der Waals surface area contributed by atoms with Gasteiger partial charge in [0.1, 0.15) is 0 Å². The molecule has 1 amide bonds. The lowest BCUT2D eigenvalue weighted by Crippen LogP contribution is -2.39. The Hall–Kier alpha value is -3.65. The monoisotopic (exact) mass is 583 g/mol. The normalized spacial score (nSPS) is 12.7. The molecule has 0 heterocycles. The Balaban J connectivity index is 2.65. The van der Waals surface area contributed by atoms with E-state index in [0.717, 1.165) is 34.9 Å². The first kappa shape index (κ1) is 32.9. The second kappa shape index (κ2) is 11.9. The lowest BCUT2D eigenvalue weighted by molar-refractivity contribution is -0.170. The molecule has 0 aromatic heterocycles. The number of halogens is 3. The zero-order valence-corrected chi connectivity index (χ0v) is 26.3. The molecular weight excluding hydrogens is 543 g/mol. The summed E-state index contributed by atoms with van der Waals surface area (Å²) in [4.78, 5) is 26.7. The molecule has 8 heteroatoms. The van der Waals surface area contributed by atoms with Crippen molar-refractivity contribution < 1.29 is 32.2 Å². The van der Waals surface area contributed by atoms with Crippen molar-refractivity contribution in [2.45, 2.75) is 80.2 Å². The van der Waals surface area contributed by atoms with Gasteiger partial charge in [0, 0.05) is 18.2 Å². The zero-order valence-electron chi connectivity index (χ0n) is 26.3. The Morgan fingerprint density at radius 3 is 1.64 bits per heavy atom. The summed E-state index contributed by atoms with van der Waals surface area (Å²) in [6.45, 7) is 16.6. The fourth-order valence-electron chi connectivity index (χ4n) is 5.25. The van der Waals surface area contributed by atoms with Gasteiger partial charge in [0.05, 0.1) is 18.4 Å². The lowest BCUT2D eigenvalue weighted by Gasteiger charge is -2.34. The van der Waals surface area contributed by atoms with Gasteiger partial charge in [0.2, 0.25) is 0 Å². The summed E-state index contributed by atoms with van der Waals surface area (Å²) >= 11 is 0. The summed E-state index contributed by atoms with van der Waals surface area (Å²) in [5.41, 5.74) is 7.04. The van der Waals surface area contributed by atoms with Crippen LogP contribution in [0.25, 0.3) is 22.3 Å². The first-order valence-corrected chi connectivity index (χ1v) is 13.7. The van der Waals surface area contributed by atoms with Crippen LogP contribution in [0.1, 0.15) is 65.8 Å². The summed E-state index contributed by atoms with van der Waals surface area (Å²) < 4.78 is 53.0. The molecular formula is C34H40F3NO4. The summed E-state index contributed by atoms with van der Waals surface area (Å²) in [7, 11) is 2.35. The smallest absolute Gasteiger partial charge is 0.467 e. The minimum Gasteiger partial charge on any atom is -0.467 e. The third-order valence-corrected chi connectivity index (χ3v) is 7.64. The van der Waals surface area contributed by atoms with Crippen LogP contribution in [0.15, 0.2) is 36.4 Å². The van der Waals surface area contributed by atoms with Crippen molar-refractivity contribution in [3.63, 3.8) is 0 Å². The number of carbonyl (C=O) groups excluding carboxylic acids is 2. The molecule has 0 radical (unpaired) electrons. The third-order valence-electron chi connectivity index (χ3n) is 7.64. The quantitative estimate of drug-likeness (QED) is 0.273. The molecule has 1 unspecified atom stereocenters. The van der Waals surface area contributed by atoms with E-state index in [0.29, 0.717) is 38.3 Å². The largest absolute Gasteiger partial charge is 0.471 e. The number of esters is 1. The molecule has 0 fully saturated rings. The second-order valence-corrected chi connectivity index (χ2v) is 11.9. The van der Waals surface area contributed by atoms with E-state index >= 15 is 0 Å². The number of alkyl halides is 3. The molecule has 0 N–H and O–H groups in total. The molecule has 0 bridgehead atoms. The summed E-state index contributed by atoms with van der Waals surface area (Å²) in [5, 5.41) is 0. The number of aryl methyl sites for hydroxylation is 4. The van der Waals surface area contributed by atoms with E-state index in [-0.39, 0.29) is 5.69 Å². The van der Waals surface area contributed by atoms with Crippen LogP contribution in [-0.2, 0) is 19.1 Å². The van der Waals surface area contributed by atoms with E-state index in [9.17, 15) is 22.8 Å². The fraction of sp³-hybridized carbons (Fsp3) is 0.412. The molecule has 0 aliphatic heterocycles. The molecule has 0 saturated carbocycles. The van der Waals surface area contributed by atoms with Crippen LogP contribution in [0.4, 0.5) is 18.9 Å². The predicted octanol–water partition coefficient (Wildman–Crippen LogP) is 8.43. The van der Waals surface area contributed by atoms with Crippen molar-refractivity contribution in [3.8, 4) is 22.3 Å². The standard InChI is InChI=1S/C34H40F3NO4/c1-18-12-14-24(16-20(18)3)26-22(5)27(25-15-13-19(2)21(4)17-25)29(38(10)32(40)34(35,36)37)23(6)28(26)30(31(39)41-11)42-33(7,8)9/h12-17,30H,1-11H3. The van der Waals surface area contributed by atoms with E-state index in [1.54, 1.807) is 34.6 Å². The topological polar surface area (TPSA) is 55.8 Å². The van der Waals surface area contributed by atoms with Gasteiger partial charge in [-0.3, -0.25) is 4.79 Å². The highest BCUT2D eigenvalue weighted by Gasteiger charge is 2.44. The second-order valence-electron chi connectivity index (χ2n) is 11.9. The lowest BCUT2D eigenvalue weighted by atomic mass is 9.81. The Kier molecular flexibility index (Phi) is 9.32. The van der Waals surface area contributed by atoms with Crippen LogP contribution >= 0.6 is 0 Å². The van der Waals surface area contributed by atoms with E-state index in [1.807, 2.05) is 64.1 Å². The number of carbonyl (C=O) groups is 2. The molecule has 1 atom stereocenters. The maximum atomic E-state index is 13.9. The van der Waals surface area contributed by atoms with Gasteiger partial charge < -0.3 is 14.4 Å². The molecule has 0 spiro atoms. The minimum atomic E-state index is -5.12. The number of rotatable bonds is 6. The van der Waals surface area contributed by atoms with Crippen LogP contribution in [-0.4, -0.2) is 37.8 Å². The van der Waals surface area contributed by atoms with Crippen molar-refractivity contribution in [3.05, 3.63) is 75.3 Å². The molecule has 3 aromatic carbocycles. The van der Waals surface area contributed by atoms with Gasteiger partial charge in [-0.1, -0.05) is 36.4 Å². The highest BCUT2D eigenvalue weighted by molar-refractivity contribution is 6.04. The maximum Gasteiger partial charge on any atom is 0.471 e. The molecule has 0 aliphatic rings. The van der Waals surface area contributed by atoms with Crippen LogP contribution in [0.2, 0.25) is 0 Å². The first-order chi connectivity index (χ1) is 19.3. The van der Waals surface area contributed by atoms with Gasteiger partial charge in [-0.2, -0.15) is 13.2 Å². The number of anilines is 1. The van der Waals surface area contributed by atoms with Gasteiger partial charge in [0.25, 0.3) is 0 Å². The average molecular weight is 584 g/mol. The Morgan fingerprint density at radius 1 is 0.762 bits per heavy atom. The highest BCUT2D eigenvalue weighted by atomic mass is 19.4. The number of hydrogen-bond donors (Lipinski definition) is 0. The predicted molar refractivity (Wildman–Crippen MR) is 161 cm³/mol. The Bertz CT molecular complexity index is 1530. The summed E-state index contributed by atoms with van der Waals surface area (Å²) in [6, 6.07) is 11.5. The summed E-state index contributed by atoms with van der Waals surface area (Å²) in [5.74, 6) is -2.72. The minimum absolute atomic E-state index is 0.0482. The van der Waals surface area contributed by atoms with Gasteiger partial charge in [0.15, 0.2) is 6.10 Å². The van der Waals surface area contributed by atoms with E-state index in [4.69, 9.17) is 9.47 Å². The number of hydrogen-bond acceptors (Lipinski definition) is 4. The van der Waals surface area contributed by atoms with Crippen molar-refractivity contribution in [1.29, 1.82) is 0 Å². The van der Waals surface area contributed by atoms with Crippen LogP contribution in [0.5, 0.6) is 0 Å². The summed E-state index contributed by atoms with van der Waals surface area (Å²) in [6.07, 6.45) is -6.40. The molecule has 0 saturated heterocycles.